The van der Waals surface area contributed by atoms with E-state index in [0.717, 1.165) is 0 Å². The molecule has 102 valence electrons. The van der Waals surface area contributed by atoms with Crippen molar-refractivity contribution in [2.24, 2.45) is 0 Å². The van der Waals surface area contributed by atoms with Crippen LogP contribution in [0.2, 0.25) is 0 Å². The van der Waals surface area contributed by atoms with Crippen LogP contribution in [-0.2, 0) is 12.0 Å². The van der Waals surface area contributed by atoms with Gasteiger partial charge in [0.15, 0.2) is 0 Å². The Bertz CT molecular complexity index is 456. The molecule has 0 fully saturated rings. The maximum absolute atomic E-state index is 12.3. The molecule has 10 heteroatoms. The molecule has 1 aromatic rings. The number of nitrogens with zero attached hydrogens (tertiary/aromatic N) is 1. The Kier molecular flexibility index (Phi) is 3.67. The summed E-state index contributed by atoms with van der Waals surface area (Å²) in [6, 6.07) is -0.0857. The molecule has 0 aliphatic heterocycles. The minimum absolute atomic E-state index is 0.0857. The van der Waals surface area contributed by atoms with Crippen LogP contribution in [0.5, 0.6) is 0 Å². The smallest absolute Gasteiger partial charge is 0.355 e. The Morgan fingerprint density at radius 1 is 1.06 bits per heavy atom. The van der Waals surface area contributed by atoms with Gasteiger partial charge in [-0.3, -0.25) is 4.98 Å². The van der Waals surface area contributed by atoms with Crippen molar-refractivity contribution in [1.82, 2.24) is 4.98 Å². The van der Waals surface area contributed by atoms with E-state index in [1.54, 1.807) is 0 Å². The average molecular weight is 340 g/mol. The van der Waals surface area contributed by atoms with E-state index in [9.17, 15) is 26.3 Å². The van der Waals surface area contributed by atoms with Gasteiger partial charge >= 0.3 is 12.4 Å². The summed E-state index contributed by atoms with van der Waals surface area (Å²) in [4.78, 5) is 2.84. The van der Waals surface area contributed by atoms with Crippen molar-refractivity contribution in [2.75, 3.05) is 0 Å². The molecule has 0 aromatic carbocycles. The van der Waals surface area contributed by atoms with Crippen LogP contribution >= 0.6 is 15.9 Å². The van der Waals surface area contributed by atoms with Crippen LogP contribution in [0.1, 0.15) is 11.3 Å². The van der Waals surface area contributed by atoms with E-state index >= 15 is 0 Å². The molecule has 1 aromatic heterocycles. The van der Waals surface area contributed by atoms with Gasteiger partial charge in [-0.15, -0.1) is 0 Å². The van der Waals surface area contributed by atoms with Gasteiger partial charge in [-0.1, -0.05) is 0 Å². The van der Waals surface area contributed by atoms with Crippen LogP contribution in [-0.4, -0.2) is 21.4 Å². The van der Waals surface area contributed by atoms with Gasteiger partial charge in [0.1, 0.15) is 5.69 Å². The summed E-state index contributed by atoms with van der Waals surface area (Å²) in [5, 5.41) is 17.8. The fourth-order valence-electron chi connectivity index (χ4n) is 1.01. The van der Waals surface area contributed by atoms with Gasteiger partial charge in [-0.2, -0.15) is 26.3 Å². The van der Waals surface area contributed by atoms with Crippen molar-refractivity contribution in [2.45, 2.75) is 18.1 Å². The zero-order chi connectivity index (χ0) is 14.4. The molecule has 0 spiro atoms. The molecule has 0 unspecified atom stereocenters. The zero-order valence-electron chi connectivity index (χ0n) is 8.14. The second kappa shape index (κ2) is 4.35. The monoisotopic (exact) mass is 339 g/mol. The van der Waals surface area contributed by atoms with Crippen molar-refractivity contribution in [3.8, 4) is 0 Å². The molecule has 0 radical (unpaired) electrons. The molecular formula is C8H4BrF6NO2. The highest BCUT2D eigenvalue weighted by Gasteiger charge is 2.55. The first-order valence-corrected chi connectivity index (χ1v) is 4.91. The summed E-state index contributed by atoms with van der Waals surface area (Å²) >= 11 is 2.48. The van der Waals surface area contributed by atoms with Gasteiger partial charge < -0.3 is 10.2 Å². The van der Waals surface area contributed by atoms with Crippen LogP contribution in [0.15, 0.2) is 16.7 Å². The minimum atomic E-state index is -5.56. The maximum atomic E-state index is 12.3. The van der Waals surface area contributed by atoms with E-state index in [1.807, 2.05) is 0 Å². The van der Waals surface area contributed by atoms with Gasteiger partial charge in [0, 0.05) is 16.2 Å². The number of hydrogen-bond donors (Lipinski definition) is 2. The van der Waals surface area contributed by atoms with Crippen molar-refractivity contribution < 1.29 is 36.6 Å². The van der Waals surface area contributed by atoms with Crippen molar-refractivity contribution >= 4 is 15.9 Å². The SMILES string of the molecule is OC(O)(c1cc(C(F)(F)F)ncc1Br)C(F)(F)F. The molecule has 1 heterocycles. The Morgan fingerprint density at radius 2 is 1.56 bits per heavy atom. The lowest BCUT2D eigenvalue weighted by molar-refractivity contribution is -0.358. The summed E-state index contributed by atoms with van der Waals surface area (Å²) in [5.41, 5.74) is -3.06. The van der Waals surface area contributed by atoms with E-state index in [4.69, 9.17) is 10.2 Å². The lowest BCUT2D eigenvalue weighted by Crippen LogP contribution is -2.42. The number of aromatic nitrogens is 1. The third kappa shape index (κ3) is 2.75. The minimum Gasteiger partial charge on any atom is -0.355 e. The highest BCUT2D eigenvalue weighted by molar-refractivity contribution is 9.10. The second-order valence-corrected chi connectivity index (χ2v) is 4.07. The van der Waals surface area contributed by atoms with Crippen molar-refractivity contribution in [3.05, 3.63) is 28.0 Å². The Balaban J connectivity index is 3.42. The van der Waals surface area contributed by atoms with Crippen LogP contribution < -0.4 is 0 Å². The molecule has 0 atom stereocenters. The van der Waals surface area contributed by atoms with Crippen molar-refractivity contribution in [3.63, 3.8) is 0 Å². The zero-order valence-corrected chi connectivity index (χ0v) is 9.73. The number of aliphatic hydroxyl groups is 2. The fourth-order valence-corrected chi connectivity index (χ4v) is 1.51. The van der Waals surface area contributed by atoms with E-state index < -0.39 is 33.9 Å². The topological polar surface area (TPSA) is 53.4 Å². The van der Waals surface area contributed by atoms with E-state index in [-0.39, 0.29) is 6.07 Å². The molecule has 0 aliphatic carbocycles. The van der Waals surface area contributed by atoms with Gasteiger partial charge in [0.05, 0.1) is 0 Å². The first-order valence-electron chi connectivity index (χ1n) is 4.12. The van der Waals surface area contributed by atoms with E-state index in [0.29, 0.717) is 6.20 Å². The Labute approximate surface area is 104 Å². The highest BCUT2D eigenvalue weighted by atomic mass is 79.9. The summed E-state index contributed by atoms with van der Waals surface area (Å²) < 4.78 is 73.1. The molecule has 0 saturated heterocycles. The molecule has 0 saturated carbocycles. The lowest BCUT2D eigenvalue weighted by atomic mass is 10.1. The standard InChI is InChI=1S/C8H4BrF6NO2/c9-4-2-16-5(7(10,11)12)1-3(4)6(17,18)8(13,14)15/h1-2,17-18H. The molecule has 1 rings (SSSR count). The second-order valence-electron chi connectivity index (χ2n) is 3.22. The molecule has 3 nitrogen and oxygen atoms in total. The highest BCUT2D eigenvalue weighted by Crippen LogP contribution is 2.41. The predicted molar refractivity (Wildman–Crippen MR) is 49.1 cm³/mol. The van der Waals surface area contributed by atoms with Gasteiger partial charge in [0.25, 0.3) is 5.79 Å². The Hall–Kier alpha value is -0.870. The molecule has 2 N–H and O–H groups in total. The van der Waals surface area contributed by atoms with Crippen LogP contribution in [0.4, 0.5) is 26.3 Å². The third-order valence-electron chi connectivity index (χ3n) is 1.92. The Morgan fingerprint density at radius 3 is 1.94 bits per heavy atom. The van der Waals surface area contributed by atoms with E-state index in [2.05, 4.69) is 20.9 Å². The number of rotatable bonds is 1. The largest absolute Gasteiger partial charge is 0.447 e. The van der Waals surface area contributed by atoms with Gasteiger partial charge in [-0.05, 0) is 22.0 Å². The van der Waals surface area contributed by atoms with Crippen LogP contribution in [0.3, 0.4) is 0 Å². The van der Waals surface area contributed by atoms with Crippen molar-refractivity contribution in [1.29, 1.82) is 0 Å². The number of hydrogen-bond acceptors (Lipinski definition) is 3. The lowest BCUT2D eigenvalue weighted by Gasteiger charge is -2.26. The summed E-state index contributed by atoms with van der Waals surface area (Å²) in [6.07, 6.45) is -10.2. The quantitative estimate of drug-likeness (QED) is 0.610. The van der Waals surface area contributed by atoms with Gasteiger partial charge in [0.2, 0.25) is 0 Å². The molecule has 0 amide bonds. The summed E-state index contributed by atoms with van der Waals surface area (Å²) in [5.74, 6) is -4.41. The van der Waals surface area contributed by atoms with E-state index in [1.165, 1.54) is 0 Å². The summed E-state index contributed by atoms with van der Waals surface area (Å²) in [6.45, 7) is 0. The first-order chi connectivity index (χ1) is 7.87. The average Bonchev–Trinajstić information content (AvgIpc) is 2.14. The molecule has 0 bridgehead atoms. The van der Waals surface area contributed by atoms with Crippen LogP contribution in [0, 0.1) is 0 Å². The molecule has 0 aliphatic rings. The number of halogens is 7. The molecular weight excluding hydrogens is 336 g/mol. The maximum Gasteiger partial charge on any atom is 0.447 e. The van der Waals surface area contributed by atoms with Crippen LogP contribution in [0.25, 0.3) is 0 Å². The summed E-state index contributed by atoms with van der Waals surface area (Å²) in [7, 11) is 0. The normalized spacial score (nSPS) is 13.8. The number of pyridine rings is 1. The number of alkyl halides is 6. The van der Waals surface area contributed by atoms with Gasteiger partial charge in [-0.25, -0.2) is 0 Å². The fraction of sp³-hybridized carbons (Fsp3) is 0.375. The third-order valence-corrected chi connectivity index (χ3v) is 2.55. The molecule has 18 heavy (non-hydrogen) atoms. The first kappa shape index (κ1) is 15.2. The predicted octanol–water partition coefficient (Wildman–Crippen LogP) is 2.56.